The first-order chi connectivity index (χ1) is 16.6. The molecule has 2 aliphatic carbocycles. The van der Waals surface area contributed by atoms with Crippen molar-refractivity contribution in [1.29, 1.82) is 0 Å². The second kappa shape index (κ2) is 11.6. The van der Waals surface area contributed by atoms with Gasteiger partial charge in [-0.2, -0.15) is 0 Å². The highest BCUT2D eigenvalue weighted by Crippen LogP contribution is 2.37. The van der Waals surface area contributed by atoms with Gasteiger partial charge in [0.2, 0.25) is 0 Å². The van der Waals surface area contributed by atoms with Gasteiger partial charge in [0.05, 0.1) is 22.6 Å². The van der Waals surface area contributed by atoms with Crippen LogP contribution in [0.3, 0.4) is 0 Å². The highest BCUT2D eigenvalue weighted by molar-refractivity contribution is 6.25. The first kappa shape index (κ1) is 28.9. The molecule has 0 saturated heterocycles. The molecule has 0 spiro atoms. The van der Waals surface area contributed by atoms with Crippen LogP contribution in [0.1, 0.15) is 79.1 Å². The van der Waals surface area contributed by atoms with Gasteiger partial charge < -0.3 is 20.4 Å². The van der Waals surface area contributed by atoms with Crippen molar-refractivity contribution in [3.63, 3.8) is 0 Å². The van der Waals surface area contributed by atoms with Crippen molar-refractivity contribution < 1.29 is 39.6 Å². The summed E-state index contributed by atoms with van der Waals surface area (Å²) in [6.45, 7) is 6.54. The van der Waals surface area contributed by atoms with Gasteiger partial charge in [-0.1, -0.05) is 27.7 Å². The van der Waals surface area contributed by atoms with E-state index in [1.807, 2.05) is 27.7 Å². The number of allylic oxidation sites excluding steroid dienone is 4. The normalized spacial score (nSPS) is 24.7. The summed E-state index contributed by atoms with van der Waals surface area (Å²) in [4.78, 5) is 55.4. The number of aliphatic imine (C=N–C) groups is 2. The van der Waals surface area contributed by atoms with Crippen LogP contribution in [0.4, 0.5) is 0 Å². The minimum absolute atomic E-state index is 0.0749. The number of carbonyl (C=O) groups excluding carboxylic acids is 2. The van der Waals surface area contributed by atoms with Gasteiger partial charge in [-0.25, -0.2) is 0 Å². The fourth-order valence-electron chi connectivity index (χ4n) is 4.66. The van der Waals surface area contributed by atoms with Gasteiger partial charge >= 0.3 is 11.9 Å². The Bertz CT molecular complexity index is 976. The lowest BCUT2D eigenvalue weighted by Gasteiger charge is -2.31. The van der Waals surface area contributed by atoms with Gasteiger partial charge in [0.15, 0.2) is 11.6 Å². The fourth-order valence-corrected chi connectivity index (χ4v) is 4.66. The average Bonchev–Trinajstić information content (AvgIpc) is 2.71. The van der Waals surface area contributed by atoms with Gasteiger partial charge in [-0.3, -0.25) is 29.2 Å². The van der Waals surface area contributed by atoms with Crippen LogP contribution < -0.4 is 0 Å². The molecule has 2 fully saturated rings. The lowest BCUT2D eigenvalue weighted by molar-refractivity contribution is -0.136. The van der Waals surface area contributed by atoms with Crippen molar-refractivity contribution in [1.82, 2.24) is 0 Å². The average molecular weight is 505 g/mol. The number of nitrogens with zero attached hydrogens (tertiary/aromatic N) is 2. The number of carbonyl (C=O) groups is 4. The molecule has 0 heterocycles. The van der Waals surface area contributed by atoms with E-state index in [1.165, 1.54) is 0 Å². The summed E-state index contributed by atoms with van der Waals surface area (Å²) in [5.41, 5.74) is -0.0579. The zero-order valence-electron chi connectivity index (χ0n) is 21.4. The molecule has 0 aliphatic heterocycles. The largest absolute Gasteiger partial charge is 0.511 e. The van der Waals surface area contributed by atoms with Crippen molar-refractivity contribution in [2.75, 3.05) is 13.1 Å². The van der Waals surface area contributed by atoms with Gasteiger partial charge in [-0.05, 0) is 36.5 Å². The third kappa shape index (κ3) is 8.13. The third-order valence-electron chi connectivity index (χ3n) is 6.17. The topological polar surface area (TPSA) is 174 Å². The van der Waals surface area contributed by atoms with Crippen molar-refractivity contribution in [2.45, 2.75) is 79.1 Å². The Morgan fingerprint density at radius 1 is 0.667 bits per heavy atom. The molecule has 0 aromatic heterocycles. The Hall–Kier alpha value is -3.30. The number of aliphatic hydroxyl groups excluding tert-OH is 2. The highest BCUT2D eigenvalue weighted by atomic mass is 16.4. The third-order valence-corrected chi connectivity index (χ3v) is 6.17. The van der Waals surface area contributed by atoms with E-state index in [0.29, 0.717) is 25.7 Å². The number of unbranched alkanes of at least 4 members (excludes halogenated alkanes) is 1. The Kier molecular flexibility index (Phi) is 9.34. The van der Waals surface area contributed by atoms with E-state index in [4.69, 9.17) is 10.2 Å². The maximum Gasteiger partial charge on any atom is 0.325 e. The molecule has 2 rings (SSSR count). The molecule has 198 valence electrons. The van der Waals surface area contributed by atoms with E-state index < -0.39 is 35.9 Å². The van der Waals surface area contributed by atoms with E-state index in [0.717, 1.165) is 0 Å². The first-order valence-corrected chi connectivity index (χ1v) is 12.0. The van der Waals surface area contributed by atoms with Gasteiger partial charge in [0.25, 0.3) is 0 Å². The maximum absolute atomic E-state index is 12.7. The Labute approximate surface area is 210 Å². The molecular weight excluding hydrogens is 468 g/mol. The SMILES string of the molecule is CC1(C)CC(=O)C(=C(O)CCCCC(O)=C2C(=O)CC(C)(C)CC2=NCC(=O)O)C(=NCC(=O)O)C1. The number of Topliss-reactive ketones (excluding diaryl/α,β-unsaturated/α-hetero) is 2. The maximum atomic E-state index is 12.7. The molecule has 0 atom stereocenters. The zero-order valence-corrected chi connectivity index (χ0v) is 21.4. The molecule has 10 nitrogen and oxygen atoms in total. The summed E-state index contributed by atoms with van der Waals surface area (Å²) in [5.74, 6) is -3.16. The molecule has 0 aromatic rings. The molecule has 2 aliphatic rings. The number of hydrogen-bond donors (Lipinski definition) is 4. The number of carboxylic acids is 2. The summed E-state index contributed by atoms with van der Waals surface area (Å²) in [7, 11) is 0. The molecule has 0 aromatic carbocycles. The van der Waals surface area contributed by atoms with Crippen molar-refractivity contribution >= 4 is 34.9 Å². The second-order valence-corrected chi connectivity index (χ2v) is 11.0. The van der Waals surface area contributed by atoms with Crippen LogP contribution >= 0.6 is 0 Å². The summed E-state index contributed by atoms with van der Waals surface area (Å²) in [5, 5.41) is 39.2. The summed E-state index contributed by atoms with van der Waals surface area (Å²) in [6.07, 6.45) is 2.18. The summed E-state index contributed by atoms with van der Waals surface area (Å²) < 4.78 is 0. The van der Waals surface area contributed by atoms with E-state index in [1.54, 1.807) is 0 Å². The molecule has 10 heteroatoms. The Balaban J connectivity index is 2.15. The van der Waals surface area contributed by atoms with Crippen LogP contribution in [0.15, 0.2) is 32.6 Å². The van der Waals surface area contributed by atoms with Crippen LogP contribution in [0.25, 0.3) is 0 Å². The lowest BCUT2D eigenvalue weighted by Crippen LogP contribution is -2.33. The fraction of sp³-hybridized carbons (Fsp3) is 0.615. The van der Waals surface area contributed by atoms with Crippen LogP contribution in [0, 0.1) is 10.8 Å². The molecule has 0 unspecified atom stereocenters. The number of ketones is 2. The minimum atomic E-state index is -1.13. The Morgan fingerprint density at radius 2 is 1.00 bits per heavy atom. The molecular formula is C26H36N2O8. The smallest absolute Gasteiger partial charge is 0.325 e. The van der Waals surface area contributed by atoms with Crippen molar-refractivity contribution in [3.8, 4) is 0 Å². The predicted octanol–water partition coefficient (Wildman–Crippen LogP) is 4.00. The van der Waals surface area contributed by atoms with Crippen molar-refractivity contribution in [3.05, 3.63) is 22.7 Å². The predicted molar refractivity (Wildman–Crippen MR) is 134 cm³/mol. The number of aliphatic carboxylic acids is 2. The second-order valence-electron chi connectivity index (χ2n) is 11.0. The van der Waals surface area contributed by atoms with Crippen LogP contribution in [-0.2, 0) is 19.2 Å². The quantitative estimate of drug-likeness (QED) is 0.207. The Morgan fingerprint density at radius 3 is 1.31 bits per heavy atom. The molecule has 36 heavy (non-hydrogen) atoms. The number of aliphatic hydroxyl groups is 2. The first-order valence-electron chi connectivity index (χ1n) is 12.0. The van der Waals surface area contributed by atoms with Crippen LogP contribution in [0.5, 0.6) is 0 Å². The molecule has 2 saturated carbocycles. The van der Waals surface area contributed by atoms with E-state index >= 15 is 0 Å². The summed E-state index contributed by atoms with van der Waals surface area (Å²) in [6, 6.07) is 0. The van der Waals surface area contributed by atoms with Gasteiger partial charge in [0, 0.05) is 25.7 Å². The highest BCUT2D eigenvalue weighted by Gasteiger charge is 2.37. The van der Waals surface area contributed by atoms with E-state index in [-0.39, 0.29) is 71.3 Å². The van der Waals surface area contributed by atoms with E-state index in [9.17, 15) is 29.4 Å². The van der Waals surface area contributed by atoms with Crippen LogP contribution in [-0.4, -0.2) is 68.4 Å². The standard InChI is InChI=1S/C26H36N2O8/c1-25(2)9-15(27-13-21(33)34)23(19(31)11-25)17(29)7-5-6-8-18(30)24-16(28-14-22(35)36)10-26(3,4)12-20(24)32/h29-30H,5-14H2,1-4H3,(H,33,34)(H,35,36). The minimum Gasteiger partial charge on any atom is -0.511 e. The number of rotatable bonds is 9. The monoisotopic (exact) mass is 504 g/mol. The van der Waals surface area contributed by atoms with Gasteiger partial charge in [-0.15, -0.1) is 0 Å². The molecule has 4 N–H and O–H groups in total. The van der Waals surface area contributed by atoms with E-state index in [2.05, 4.69) is 9.98 Å². The molecule has 0 bridgehead atoms. The lowest BCUT2D eigenvalue weighted by atomic mass is 9.73. The number of hydrogen-bond acceptors (Lipinski definition) is 8. The molecule has 0 radical (unpaired) electrons. The zero-order chi connectivity index (χ0) is 27.3. The van der Waals surface area contributed by atoms with Crippen molar-refractivity contribution in [2.24, 2.45) is 20.8 Å². The summed E-state index contributed by atoms with van der Waals surface area (Å²) >= 11 is 0. The van der Waals surface area contributed by atoms with Crippen LogP contribution in [0.2, 0.25) is 0 Å². The number of carboxylic acid groups (broad SMARTS) is 2. The van der Waals surface area contributed by atoms with Gasteiger partial charge in [0.1, 0.15) is 24.6 Å². The molecule has 0 amide bonds.